The molecule has 1 aromatic heterocycles. The van der Waals surface area contributed by atoms with Crippen molar-refractivity contribution in [3.63, 3.8) is 0 Å². The topological polar surface area (TPSA) is 54.7 Å². The molecule has 1 aromatic carbocycles. The van der Waals surface area contributed by atoms with E-state index in [-0.39, 0.29) is 17.5 Å². The first kappa shape index (κ1) is 10.7. The van der Waals surface area contributed by atoms with Gasteiger partial charge in [0.15, 0.2) is 11.6 Å². The molecule has 0 spiro atoms. The Morgan fingerprint density at radius 1 is 1.29 bits per heavy atom. The second-order valence-corrected chi connectivity index (χ2v) is 4.65. The van der Waals surface area contributed by atoms with Crippen LogP contribution in [0.1, 0.15) is 31.0 Å². The van der Waals surface area contributed by atoms with E-state index >= 15 is 0 Å². The molecule has 1 aliphatic carbocycles. The van der Waals surface area contributed by atoms with Gasteiger partial charge in [-0.15, -0.1) is 0 Å². The molecule has 3 N–H and O–H groups in total. The number of H-pyrrole nitrogens is 1. The lowest BCUT2D eigenvalue weighted by molar-refractivity contribution is 0.515. The first-order valence-electron chi connectivity index (χ1n) is 5.74. The number of nitrogens with two attached hydrogens (primary N) is 1. The number of nitrogens with one attached hydrogen (secondary N) is 1. The largest absolute Gasteiger partial charge is 0.342 e. The quantitative estimate of drug-likeness (QED) is 0.800. The number of imidazole rings is 1. The van der Waals surface area contributed by atoms with Gasteiger partial charge in [0.1, 0.15) is 11.3 Å². The van der Waals surface area contributed by atoms with Crippen molar-refractivity contribution in [2.24, 2.45) is 5.73 Å². The fourth-order valence-corrected chi connectivity index (χ4v) is 2.49. The van der Waals surface area contributed by atoms with Crippen LogP contribution in [0.3, 0.4) is 0 Å². The zero-order chi connectivity index (χ0) is 12.0. The highest BCUT2D eigenvalue weighted by Gasteiger charge is 2.26. The summed E-state index contributed by atoms with van der Waals surface area (Å²) in [6, 6.07) is 2.81. The van der Waals surface area contributed by atoms with Crippen LogP contribution in [-0.2, 0) is 0 Å². The number of hydrogen-bond acceptors (Lipinski definition) is 2. The van der Waals surface area contributed by atoms with Gasteiger partial charge in [-0.2, -0.15) is 0 Å². The number of halogens is 2. The van der Waals surface area contributed by atoms with Crippen LogP contribution >= 0.6 is 0 Å². The molecule has 1 saturated carbocycles. The molecule has 3 rings (SSSR count). The molecule has 90 valence electrons. The van der Waals surface area contributed by atoms with E-state index in [1.807, 2.05) is 0 Å². The third-order valence-electron chi connectivity index (χ3n) is 3.42. The van der Waals surface area contributed by atoms with Crippen LogP contribution in [0.25, 0.3) is 11.0 Å². The average molecular weight is 237 g/mol. The fraction of sp³-hybridized carbons (Fsp3) is 0.417. The number of rotatable bonds is 1. The van der Waals surface area contributed by atoms with Crippen molar-refractivity contribution >= 4 is 11.0 Å². The summed E-state index contributed by atoms with van der Waals surface area (Å²) in [6.07, 6.45) is 2.76. The smallest absolute Gasteiger partial charge is 0.186 e. The normalized spacial score (nSPS) is 24.6. The van der Waals surface area contributed by atoms with Gasteiger partial charge in [0, 0.05) is 12.0 Å². The predicted molar refractivity (Wildman–Crippen MR) is 60.6 cm³/mol. The monoisotopic (exact) mass is 237 g/mol. The van der Waals surface area contributed by atoms with E-state index in [0.29, 0.717) is 5.52 Å². The molecule has 3 nitrogen and oxygen atoms in total. The highest BCUT2D eigenvalue weighted by Crippen LogP contribution is 2.33. The number of benzene rings is 1. The van der Waals surface area contributed by atoms with Crippen molar-refractivity contribution in [2.45, 2.75) is 31.2 Å². The molecular weight excluding hydrogens is 224 g/mol. The van der Waals surface area contributed by atoms with Crippen molar-refractivity contribution in [2.75, 3.05) is 0 Å². The van der Waals surface area contributed by atoms with E-state index in [2.05, 4.69) is 9.97 Å². The van der Waals surface area contributed by atoms with Gasteiger partial charge in [-0.1, -0.05) is 0 Å². The number of aromatic amines is 1. The molecule has 17 heavy (non-hydrogen) atoms. The summed E-state index contributed by atoms with van der Waals surface area (Å²) in [4.78, 5) is 7.22. The second kappa shape index (κ2) is 3.77. The first-order chi connectivity index (χ1) is 8.15. The van der Waals surface area contributed by atoms with Crippen molar-refractivity contribution in [3.05, 3.63) is 29.6 Å². The lowest BCUT2D eigenvalue weighted by Gasteiger charge is -2.04. The molecule has 0 radical (unpaired) electrons. The van der Waals surface area contributed by atoms with Gasteiger partial charge >= 0.3 is 0 Å². The van der Waals surface area contributed by atoms with Crippen LogP contribution in [0.15, 0.2) is 12.1 Å². The lowest BCUT2D eigenvalue weighted by Crippen LogP contribution is -2.14. The van der Waals surface area contributed by atoms with Crippen molar-refractivity contribution in [3.8, 4) is 0 Å². The number of hydrogen-bond donors (Lipinski definition) is 2. The molecular formula is C12H13F2N3. The van der Waals surface area contributed by atoms with Gasteiger partial charge < -0.3 is 10.7 Å². The number of aromatic nitrogens is 2. The Kier molecular flexibility index (Phi) is 2.36. The minimum atomic E-state index is -0.882. The van der Waals surface area contributed by atoms with Crippen molar-refractivity contribution in [1.29, 1.82) is 0 Å². The maximum Gasteiger partial charge on any atom is 0.186 e. The van der Waals surface area contributed by atoms with Crippen LogP contribution in [-0.4, -0.2) is 16.0 Å². The summed E-state index contributed by atoms with van der Waals surface area (Å²) in [5.74, 6) is -0.789. The molecule has 5 heteroatoms. The molecule has 0 saturated heterocycles. The third kappa shape index (κ3) is 1.70. The van der Waals surface area contributed by atoms with Crippen molar-refractivity contribution in [1.82, 2.24) is 9.97 Å². The highest BCUT2D eigenvalue weighted by molar-refractivity contribution is 5.75. The van der Waals surface area contributed by atoms with Crippen LogP contribution in [0, 0.1) is 11.6 Å². The maximum atomic E-state index is 13.5. The summed E-state index contributed by atoms with van der Waals surface area (Å²) in [5.41, 5.74) is 6.46. The van der Waals surface area contributed by atoms with Crippen LogP contribution in [0.4, 0.5) is 8.78 Å². The summed E-state index contributed by atoms with van der Waals surface area (Å²) >= 11 is 0. The molecule has 0 bridgehead atoms. The number of fused-ring (bicyclic) bond motifs is 1. The molecule has 0 aliphatic heterocycles. The summed E-state index contributed by atoms with van der Waals surface area (Å²) < 4.78 is 26.5. The Morgan fingerprint density at radius 3 is 2.82 bits per heavy atom. The van der Waals surface area contributed by atoms with Crippen molar-refractivity contribution < 1.29 is 8.78 Å². The summed E-state index contributed by atoms with van der Waals surface area (Å²) in [6.45, 7) is 0. The molecule has 2 aromatic rings. The van der Waals surface area contributed by atoms with E-state index in [0.717, 1.165) is 31.2 Å². The summed E-state index contributed by atoms with van der Waals surface area (Å²) in [7, 11) is 0. The minimum absolute atomic E-state index is 0.0838. The Labute approximate surface area is 97.0 Å². The molecule has 1 heterocycles. The lowest BCUT2D eigenvalue weighted by atomic mass is 10.1. The molecule has 0 unspecified atom stereocenters. The molecule has 1 aliphatic rings. The first-order valence-corrected chi connectivity index (χ1v) is 5.74. The zero-order valence-corrected chi connectivity index (χ0v) is 9.21. The minimum Gasteiger partial charge on any atom is -0.342 e. The standard InChI is InChI=1S/C12H13F2N3/c13-8-3-4-9-11(10(8)14)17-12(16-9)6-1-2-7(15)5-6/h3-4,6-7H,1-2,5,15H2,(H,16,17)/t6-,7+/m1/s1. The van der Waals surface area contributed by atoms with Gasteiger partial charge in [0.2, 0.25) is 0 Å². The van der Waals surface area contributed by atoms with E-state index in [9.17, 15) is 8.78 Å². The van der Waals surface area contributed by atoms with Gasteiger partial charge in [-0.25, -0.2) is 13.8 Å². The van der Waals surface area contributed by atoms with Crippen LogP contribution < -0.4 is 5.73 Å². The summed E-state index contributed by atoms with van der Waals surface area (Å²) in [5, 5.41) is 0. The van der Waals surface area contributed by atoms with Gasteiger partial charge in [-0.3, -0.25) is 0 Å². The van der Waals surface area contributed by atoms with Crippen LogP contribution in [0.5, 0.6) is 0 Å². The van der Waals surface area contributed by atoms with Crippen LogP contribution in [0.2, 0.25) is 0 Å². The highest BCUT2D eigenvalue weighted by atomic mass is 19.2. The van der Waals surface area contributed by atoms with Gasteiger partial charge in [-0.05, 0) is 31.4 Å². The molecule has 1 fully saturated rings. The van der Waals surface area contributed by atoms with Gasteiger partial charge in [0.05, 0.1) is 5.52 Å². The Hall–Kier alpha value is -1.49. The SMILES string of the molecule is N[C@H]1CC[C@@H](c2nc3c(F)c(F)ccc3[nH]2)C1. The predicted octanol–water partition coefficient (Wildman–Crippen LogP) is 2.44. The third-order valence-corrected chi connectivity index (χ3v) is 3.42. The van der Waals surface area contributed by atoms with E-state index < -0.39 is 11.6 Å². The maximum absolute atomic E-state index is 13.5. The fourth-order valence-electron chi connectivity index (χ4n) is 2.49. The molecule has 2 atom stereocenters. The Bertz CT molecular complexity index is 564. The Balaban J connectivity index is 2.05. The number of nitrogens with zero attached hydrogens (tertiary/aromatic N) is 1. The Morgan fingerprint density at radius 2 is 2.12 bits per heavy atom. The van der Waals surface area contributed by atoms with E-state index in [1.165, 1.54) is 6.07 Å². The van der Waals surface area contributed by atoms with Gasteiger partial charge in [0.25, 0.3) is 0 Å². The van der Waals surface area contributed by atoms with E-state index in [4.69, 9.17) is 5.73 Å². The zero-order valence-electron chi connectivity index (χ0n) is 9.21. The van der Waals surface area contributed by atoms with E-state index in [1.54, 1.807) is 0 Å². The average Bonchev–Trinajstić information content (AvgIpc) is 2.90. The second-order valence-electron chi connectivity index (χ2n) is 4.65. The molecule has 0 amide bonds.